The molecule has 0 aromatic heterocycles. The van der Waals surface area contributed by atoms with Gasteiger partial charge < -0.3 is 15.2 Å². The number of aliphatic carboxylic acids is 1. The summed E-state index contributed by atoms with van der Waals surface area (Å²) < 4.78 is 5.44. The van der Waals surface area contributed by atoms with E-state index in [4.69, 9.17) is 9.84 Å². The van der Waals surface area contributed by atoms with Crippen molar-refractivity contribution in [3.05, 3.63) is 0 Å². The molecule has 1 aliphatic heterocycles. The van der Waals surface area contributed by atoms with Gasteiger partial charge in [0.15, 0.2) is 0 Å². The maximum atomic E-state index is 10.5. The Kier molecular flexibility index (Phi) is 4.18. The Morgan fingerprint density at radius 2 is 2.54 bits per heavy atom. The van der Waals surface area contributed by atoms with Crippen LogP contribution in [0.2, 0.25) is 0 Å². The fourth-order valence-corrected chi connectivity index (χ4v) is 1.71. The van der Waals surface area contributed by atoms with Crippen molar-refractivity contribution in [2.24, 2.45) is 0 Å². The van der Waals surface area contributed by atoms with E-state index in [0.29, 0.717) is 0 Å². The van der Waals surface area contributed by atoms with Crippen LogP contribution in [0, 0.1) is 0 Å². The summed E-state index contributed by atoms with van der Waals surface area (Å²) in [7, 11) is 0. The van der Waals surface area contributed by atoms with E-state index < -0.39 is 5.97 Å². The average Bonchev–Trinajstić information content (AvgIpc) is 2.54. The van der Waals surface area contributed by atoms with Crippen molar-refractivity contribution < 1.29 is 14.6 Å². The van der Waals surface area contributed by atoms with E-state index in [-0.39, 0.29) is 18.6 Å². The largest absolute Gasteiger partial charge is 0.481 e. The second-order valence-electron chi connectivity index (χ2n) is 3.31. The second-order valence-corrected chi connectivity index (χ2v) is 3.31. The number of nitrogens with one attached hydrogen (secondary N) is 1. The molecule has 0 amide bonds. The summed E-state index contributed by atoms with van der Waals surface area (Å²) in [6.45, 7) is 3.54. The molecular formula is C9H17NO3. The van der Waals surface area contributed by atoms with Gasteiger partial charge in [-0.05, 0) is 19.4 Å². The Morgan fingerprint density at radius 3 is 3.00 bits per heavy atom. The van der Waals surface area contributed by atoms with Crippen LogP contribution >= 0.6 is 0 Å². The van der Waals surface area contributed by atoms with Crippen molar-refractivity contribution in [1.82, 2.24) is 5.32 Å². The molecule has 0 aliphatic carbocycles. The first kappa shape index (κ1) is 10.5. The minimum absolute atomic E-state index is 0.0231. The first-order chi connectivity index (χ1) is 6.24. The van der Waals surface area contributed by atoms with E-state index in [1.807, 2.05) is 6.92 Å². The quantitative estimate of drug-likeness (QED) is 0.662. The normalized spacial score (nSPS) is 24.5. The smallest absolute Gasteiger partial charge is 0.305 e. The van der Waals surface area contributed by atoms with Crippen LogP contribution in [0.3, 0.4) is 0 Å². The number of carboxylic acids is 1. The van der Waals surface area contributed by atoms with E-state index in [1.165, 1.54) is 0 Å². The van der Waals surface area contributed by atoms with E-state index in [9.17, 15) is 4.79 Å². The number of carboxylic acid groups (broad SMARTS) is 1. The third kappa shape index (κ3) is 3.32. The zero-order valence-corrected chi connectivity index (χ0v) is 7.95. The topological polar surface area (TPSA) is 58.6 Å². The third-order valence-corrected chi connectivity index (χ3v) is 2.27. The SMILES string of the molecule is CCNC(CC(=O)O)C1CCCO1. The summed E-state index contributed by atoms with van der Waals surface area (Å²) in [6.07, 6.45) is 2.27. The van der Waals surface area contributed by atoms with Gasteiger partial charge in [-0.1, -0.05) is 6.92 Å². The van der Waals surface area contributed by atoms with Crippen molar-refractivity contribution in [3.63, 3.8) is 0 Å². The molecule has 2 unspecified atom stereocenters. The molecule has 1 aliphatic rings. The van der Waals surface area contributed by atoms with Crippen molar-refractivity contribution in [3.8, 4) is 0 Å². The molecule has 1 rings (SSSR count). The Balaban J connectivity index is 2.39. The first-order valence-electron chi connectivity index (χ1n) is 4.80. The van der Waals surface area contributed by atoms with Gasteiger partial charge in [0.25, 0.3) is 0 Å². The van der Waals surface area contributed by atoms with Crippen LogP contribution in [-0.4, -0.2) is 36.4 Å². The summed E-state index contributed by atoms with van der Waals surface area (Å²) in [6, 6.07) is -0.0231. The molecule has 2 N–H and O–H groups in total. The minimum atomic E-state index is -0.763. The van der Waals surface area contributed by atoms with Crippen molar-refractivity contribution >= 4 is 5.97 Å². The van der Waals surface area contributed by atoms with Gasteiger partial charge in [0.1, 0.15) is 0 Å². The van der Waals surface area contributed by atoms with Crippen molar-refractivity contribution in [2.75, 3.05) is 13.2 Å². The summed E-state index contributed by atoms with van der Waals surface area (Å²) >= 11 is 0. The number of rotatable bonds is 5. The fourth-order valence-electron chi connectivity index (χ4n) is 1.71. The molecule has 0 aromatic rings. The average molecular weight is 187 g/mol. The lowest BCUT2D eigenvalue weighted by Gasteiger charge is -2.21. The standard InChI is InChI=1S/C9H17NO3/c1-2-10-7(6-9(11)12)8-4-3-5-13-8/h7-8,10H,2-6H2,1H3,(H,11,12). The molecule has 0 aromatic carbocycles. The molecule has 1 heterocycles. The predicted molar refractivity (Wildman–Crippen MR) is 48.7 cm³/mol. The zero-order chi connectivity index (χ0) is 9.68. The van der Waals surface area contributed by atoms with Crippen LogP contribution < -0.4 is 5.32 Å². The molecule has 4 nitrogen and oxygen atoms in total. The maximum Gasteiger partial charge on any atom is 0.305 e. The monoisotopic (exact) mass is 187 g/mol. The Morgan fingerprint density at radius 1 is 1.77 bits per heavy atom. The number of carbonyl (C=O) groups is 1. The Bertz CT molecular complexity index is 166. The number of ether oxygens (including phenoxy) is 1. The second kappa shape index (κ2) is 5.19. The van der Waals surface area contributed by atoms with E-state index in [2.05, 4.69) is 5.32 Å². The Hall–Kier alpha value is -0.610. The number of hydrogen-bond donors (Lipinski definition) is 2. The lowest BCUT2D eigenvalue weighted by Crippen LogP contribution is -2.41. The van der Waals surface area contributed by atoms with E-state index in [0.717, 1.165) is 26.0 Å². The summed E-state index contributed by atoms with van der Waals surface area (Å²) in [5, 5.41) is 11.8. The maximum absolute atomic E-state index is 10.5. The highest BCUT2D eigenvalue weighted by Crippen LogP contribution is 2.17. The van der Waals surface area contributed by atoms with Gasteiger partial charge in [-0.3, -0.25) is 4.79 Å². The molecular weight excluding hydrogens is 170 g/mol. The molecule has 4 heteroatoms. The van der Waals surface area contributed by atoms with Crippen molar-refractivity contribution in [1.29, 1.82) is 0 Å². The van der Waals surface area contributed by atoms with Crippen LogP contribution in [0.1, 0.15) is 26.2 Å². The molecule has 76 valence electrons. The van der Waals surface area contributed by atoms with Crippen molar-refractivity contribution in [2.45, 2.75) is 38.3 Å². The van der Waals surface area contributed by atoms with Crippen LogP contribution in [0.25, 0.3) is 0 Å². The van der Waals surface area contributed by atoms with Crippen LogP contribution in [0.5, 0.6) is 0 Å². The highest BCUT2D eigenvalue weighted by molar-refractivity contribution is 5.67. The molecule has 0 saturated carbocycles. The lowest BCUT2D eigenvalue weighted by molar-refractivity contribution is -0.138. The number of hydrogen-bond acceptors (Lipinski definition) is 3. The molecule has 0 radical (unpaired) electrons. The van der Waals surface area contributed by atoms with Gasteiger partial charge in [0.05, 0.1) is 12.5 Å². The summed E-state index contributed by atoms with van der Waals surface area (Å²) in [5.41, 5.74) is 0. The highest BCUT2D eigenvalue weighted by atomic mass is 16.5. The molecule has 2 atom stereocenters. The van der Waals surface area contributed by atoms with Gasteiger partial charge in [0, 0.05) is 12.6 Å². The van der Waals surface area contributed by atoms with Crippen LogP contribution in [-0.2, 0) is 9.53 Å². The predicted octanol–water partition coefficient (Wildman–Crippen LogP) is 0.618. The fraction of sp³-hybridized carbons (Fsp3) is 0.889. The zero-order valence-electron chi connectivity index (χ0n) is 7.95. The van der Waals surface area contributed by atoms with Gasteiger partial charge in [-0.2, -0.15) is 0 Å². The van der Waals surface area contributed by atoms with E-state index >= 15 is 0 Å². The minimum Gasteiger partial charge on any atom is -0.481 e. The summed E-state index contributed by atoms with van der Waals surface area (Å²) in [4.78, 5) is 10.5. The molecule has 1 fully saturated rings. The molecule has 0 bridgehead atoms. The molecule has 0 spiro atoms. The van der Waals surface area contributed by atoms with Gasteiger partial charge in [-0.15, -0.1) is 0 Å². The first-order valence-corrected chi connectivity index (χ1v) is 4.80. The number of likely N-dealkylation sites (N-methyl/N-ethyl adjacent to an activating group) is 1. The third-order valence-electron chi connectivity index (χ3n) is 2.27. The van der Waals surface area contributed by atoms with Gasteiger partial charge in [0.2, 0.25) is 0 Å². The highest BCUT2D eigenvalue weighted by Gasteiger charge is 2.26. The lowest BCUT2D eigenvalue weighted by atomic mass is 10.1. The van der Waals surface area contributed by atoms with Crippen LogP contribution in [0.4, 0.5) is 0 Å². The summed E-state index contributed by atoms with van der Waals surface area (Å²) in [5.74, 6) is -0.763. The van der Waals surface area contributed by atoms with Gasteiger partial charge >= 0.3 is 5.97 Å². The Labute approximate surface area is 78.3 Å². The molecule has 13 heavy (non-hydrogen) atoms. The van der Waals surface area contributed by atoms with Gasteiger partial charge in [-0.25, -0.2) is 0 Å². The van der Waals surface area contributed by atoms with Crippen LogP contribution in [0.15, 0.2) is 0 Å². The van der Waals surface area contributed by atoms with E-state index in [1.54, 1.807) is 0 Å². The molecule has 1 saturated heterocycles.